The molecule has 0 aliphatic rings. The van der Waals surface area contributed by atoms with Crippen molar-refractivity contribution in [3.05, 3.63) is 111 Å². The number of halogens is 2. The van der Waals surface area contributed by atoms with Crippen LogP contribution in [0.25, 0.3) is 11.3 Å². The highest BCUT2D eigenvalue weighted by Gasteiger charge is 2.13. The highest BCUT2D eigenvalue weighted by Crippen LogP contribution is 2.25. The van der Waals surface area contributed by atoms with Crippen molar-refractivity contribution < 1.29 is 23.8 Å². The highest BCUT2D eigenvalue weighted by molar-refractivity contribution is 6.35. The number of amides is 1. The van der Waals surface area contributed by atoms with Crippen LogP contribution in [0.1, 0.15) is 32.0 Å². The van der Waals surface area contributed by atoms with Gasteiger partial charge in [-0.05, 0) is 48.5 Å². The average Bonchev–Trinajstić information content (AvgIpc) is 3.33. The molecule has 0 unspecified atom stereocenters. The Bertz CT molecular complexity index is 1410. The van der Waals surface area contributed by atoms with E-state index in [0.717, 1.165) is 5.56 Å². The standard InChI is InChI=1S/C26H18Cl2N2O5/c27-19-9-8-18(22(28)13-19)15-34-24-7-2-1-6-21(24)25(31)30-29-14-20-10-11-23(35-20)16-4-3-5-17(12-16)26(32)33/h1-14H,15H2,(H,30,31)(H,32,33)/b29-14+. The van der Waals surface area contributed by atoms with E-state index in [4.69, 9.17) is 37.5 Å². The zero-order valence-electron chi connectivity index (χ0n) is 18.1. The van der Waals surface area contributed by atoms with Crippen LogP contribution in [0.2, 0.25) is 10.0 Å². The molecule has 0 atom stereocenters. The van der Waals surface area contributed by atoms with E-state index < -0.39 is 11.9 Å². The second-order valence-corrected chi connectivity index (χ2v) is 8.15. The van der Waals surface area contributed by atoms with E-state index in [0.29, 0.717) is 38.4 Å². The molecule has 2 N–H and O–H groups in total. The lowest BCUT2D eigenvalue weighted by Crippen LogP contribution is -2.18. The largest absolute Gasteiger partial charge is 0.488 e. The van der Waals surface area contributed by atoms with Crippen LogP contribution in [0.15, 0.2) is 88.4 Å². The van der Waals surface area contributed by atoms with E-state index in [1.165, 1.54) is 18.3 Å². The summed E-state index contributed by atoms with van der Waals surface area (Å²) in [5.74, 6) is -0.281. The molecule has 1 aromatic heterocycles. The molecule has 4 aromatic rings. The van der Waals surface area contributed by atoms with Crippen LogP contribution >= 0.6 is 23.2 Å². The van der Waals surface area contributed by atoms with Crippen molar-refractivity contribution in [1.29, 1.82) is 0 Å². The van der Waals surface area contributed by atoms with Gasteiger partial charge in [-0.1, -0.05) is 53.5 Å². The van der Waals surface area contributed by atoms with Crippen LogP contribution in [0.4, 0.5) is 0 Å². The first-order chi connectivity index (χ1) is 16.9. The fourth-order valence-electron chi connectivity index (χ4n) is 3.17. The van der Waals surface area contributed by atoms with E-state index in [2.05, 4.69) is 10.5 Å². The first-order valence-electron chi connectivity index (χ1n) is 10.3. The van der Waals surface area contributed by atoms with Gasteiger partial charge in [0.05, 0.1) is 17.3 Å². The molecule has 0 bridgehead atoms. The maximum atomic E-state index is 12.7. The third-order valence-electron chi connectivity index (χ3n) is 4.91. The van der Waals surface area contributed by atoms with Crippen LogP contribution in [0, 0.1) is 0 Å². The lowest BCUT2D eigenvalue weighted by Gasteiger charge is -2.11. The molecule has 1 heterocycles. The van der Waals surface area contributed by atoms with Gasteiger partial charge >= 0.3 is 5.97 Å². The fraction of sp³-hybridized carbons (Fsp3) is 0.0385. The summed E-state index contributed by atoms with van der Waals surface area (Å²) >= 11 is 12.1. The molecule has 0 radical (unpaired) electrons. The Morgan fingerprint density at radius 1 is 1.00 bits per heavy atom. The summed E-state index contributed by atoms with van der Waals surface area (Å²) in [5.41, 5.74) is 4.23. The van der Waals surface area contributed by atoms with Crippen LogP contribution in [-0.2, 0) is 6.61 Å². The Morgan fingerprint density at radius 2 is 1.83 bits per heavy atom. The van der Waals surface area contributed by atoms with E-state index in [-0.39, 0.29) is 12.2 Å². The Kier molecular flexibility index (Phi) is 7.50. The number of nitrogens with zero attached hydrogens (tertiary/aromatic N) is 1. The molecular weight excluding hydrogens is 491 g/mol. The summed E-state index contributed by atoms with van der Waals surface area (Å²) < 4.78 is 11.5. The van der Waals surface area contributed by atoms with Gasteiger partial charge in [-0.3, -0.25) is 4.79 Å². The van der Waals surface area contributed by atoms with Gasteiger partial charge in [-0.25, -0.2) is 10.2 Å². The monoisotopic (exact) mass is 508 g/mol. The number of nitrogens with one attached hydrogen (secondary N) is 1. The van der Waals surface area contributed by atoms with Crippen molar-refractivity contribution in [3.8, 4) is 17.1 Å². The van der Waals surface area contributed by atoms with Crippen LogP contribution in [-0.4, -0.2) is 23.2 Å². The number of carboxylic acids is 1. The van der Waals surface area contributed by atoms with E-state index in [1.807, 2.05) is 0 Å². The lowest BCUT2D eigenvalue weighted by molar-refractivity contribution is 0.0696. The van der Waals surface area contributed by atoms with Gasteiger partial charge in [-0.2, -0.15) is 5.10 Å². The number of carbonyl (C=O) groups is 2. The number of hydrazone groups is 1. The first kappa shape index (κ1) is 24.1. The van der Waals surface area contributed by atoms with Gasteiger partial charge in [0.1, 0.15) is 23.9 Å². The molecule has 1 amide bonds. The first-order valence-corrected chi connectivity index (χ1v) is 11.1. The van der Waals surface area contributed by atoms with E-state index in [1.54, 1.807) is 66.7 Å². The SMILES string of the molecule is O=C(O)c1cccc(-c2ccc(/C=N/NC(=O)c3ccccc3OCc3ccc(Cl)cc3Cl)o2)c1. The third-order valence-corrected chi connectivity index (χ3v) is 5.50. The Morgan fingerprint density at radius 3 is 2.63 bits per heavy atom. The number of hydrogen-bond donors (Lipinski definition) is 2. The minimum atomic E-state index is -1.02. The summed E-state index contributed by atoms with van der Waals surface area (Å²) in [4.78, 5) is 23.8. The van der Waals surface area contributed by atoms with Gasteiger partial charge < -0.3 is 14.3 Å². The number of ether oxygens (including phenoxy) is 1. The van der Waals surface area contributed by atoms with Crippen LogP contribution < -0.4 is 10.2 Å². The zero-order chi connectivity index (χ0) is 24.8. The summed E-state index contributed by atoms with van der Waals surface area (Å²) in [5, 5.41) is 14.1. The number of aromatic carboxylic acids is 1. The lowest BCUT2D eigenvalue weighted by atomic mass is 10.1. The summed E-state index contributed by atoms with van der Waals surface area (Å²) in [6.45, 7) is 0.155. The van der Waals surface area contributed by atoms with Crippen molar-refractivity contribution in [1.82, 2.24) is 5.43 Å². The number of hydrogen-bond acceptors (Lipinski definition) is 5. The van der Waals surface area contributed by atoms with Gasteiger partial charge in [0, 0.05) is 21.2 Å². The van der Waals surface area contributed by atoms with Crippen LogP contribution in [0.5, 0.6) is 5.75 Å². The number of furan rings is 1. The fourth-order valence-corrected chi connectivity index (χ4v) is 3.63. The number of carboxylic acid groups (broad SMARTS) is 1. The van der Waals surface area contributed by atoms with Crippen molar-refractivity contribution in [2.75, 3.05) is 0 Å². The summed E-state index contributed by atoms with van der Waals surface area (Å²) in [7, 11) is 0. The highest BCUT2D eigenvalue weighted by atomic mass is 35.5. The number of rotatable bonds is 8. The Hall–Kier alpha value is -4.07. The Balaban J connectivity index is 1.41. The molecule has 3 aromatic carbocycles. The summed E-state index contributed by atoms with van der Waals surface area (Å²) in [6.07, 6.45) is 1.35. The second-order valence-electron chi connectivity index (χ2n) is 7.31. The molecule has 4 rings (SSSR count). The molecule has 0 saturated carbocycles. The number of para-hydroxylation sites is 1. The molecule has 7 nitrogen and oxygen atoms in total. The van der Waals surface area contributed by atoms with Crippen molar-refractivity contribution >= 4 is 41.3 Å². The molecule has 0 saturated heterocycles. The van der Waals surface area contributed by atoms with Crippen LogP contribution in [0.3, 0.4) is 0 Å². The zero-order valence-corrected chi connectivity index (χ0v) is 19.6. The molecule has 35 heavy (non-hydrogen) atoms. The number of carbonyl (C=O) groups excluding carboxylic acids is 1. The maximum absolute atomic E-state index is 12.7. The molecule has 0 aliphatic heterocycles. The second kappa shape index (κ2) is 10.9. The normalized spacial score (nSPS) is 10.9. The van der Waals surface area contributed by atoms with Gasteiger partial charge in [0.15, 0.2) is 0 Å². The van der Waals surface area contributed by atoms with E-state index >= 15 is 0 Å². The molecule has 0 fully saturated rings. The number of benzene rings is 3. The topological polar surface area (TPSA) is 101 Å². The molecule has 176 valence electrons. The third kappa shape index (κ3) is 6.09. The molecule has 0 spiro atoms. The van der Waals surface area contributed by atoms with Crippen molar-refractivity contribution in [2.45, 2.75) is 6.61 Å². The van der Waals surface area contributed by atoms with Gasteiger partial charge in [0.25, 0.3) is 5.91 Å². The van der Waals surface area contributed by atoms with Crippen molar-refractivity contribution in [3.63, 3.8) is 0 Å². The predicted molar refractivity (Wildman–Crippen MR) is 133 cm³/mol. The predicted octanol–water partition coefficient (Wildman–Crippen LogP) is 6.29. The Labute approximate surface area is 210 Å². The maximum Gasteiger partial charge on any atom is 0.335 e. The summed E-state index contributed by atoms with van der Waals surface area (Å²) in [6, 6.07) is 21.6. The van der Waals surface area contributed by atoms with Gasteiger partial charge in [-0.15, -0.1) is 0 Å². The molecule has 0 aliphatic carbocycles. The average molecular weight is 509 g/mol. The quantitative estimate of drug-likeness (QED) is 0.215. The van der Waals surface area contributed by atoms with Crippen molar-refractivity contribution in [2.24, 2.45) is 5.10 Å². The molecular formula is C26H18Cl2N2O5. The van der Waals surface area contributed by atoms with Gasteiger partial charge in [0.2, 0.25) is 0 Å². The molecule has 9 heteroatoms. The smallest absolute Gasteiger partial charge is 0.335 e. The minimum absolute atomic E-state index is 0.153. The minimum Gasteiger partial charge on any atom is -0.488 e. The van der Waals surface area contributed by atoms with E-state index in [9.17, 15) is 9.59 Å².